The number of hydrogen-bond donors (Lipinski definition) is 1. The first-order valence-electron chi connectivity index (χ1n) is 10.4. The van der Waals surface area contributed by atoms with Crippen LogP contribution in [0.2, 0.25) is 4.34 Å². The summed E-state index contributed by atoms with van der Waals surface area (Å²) in [6.07, 6.45) is 4.74. The number of halogens is 1. The number of pyridine rings is 1. The summed E-state index contributed by atoms with van der Waals surface area (Å²) in [5, 5.41) is 1.10. The van der Waals surface area contributed by atoms with Crippen LogP contribution >= 0.6 is 22.9 Å². The number of piperazine rings is 1. The Morgan fingerprint density at radius 2 is 2.00 bits per heavy atom. The van der Waals surface area contributed by atoms with Crippen molar-refractivity contribution in [1.82, 2.24) is 19.8 Å². The molecule has 31 heavy (non-hydrogen) atoms. The second-order valence-electron chi connectivity index (χ2n) is 7.97. The van der Waals surface area contributed by atoms with Crippen LogP contribution in [0.1, 0.15) is 11.3 Å². The van der Waals surface area contributed by atoms with Gasteiger partial charge in [-0.3, -0.25) is 14.8 Å². The van der Waals surface area contributed by atoms with Crippen LogP contribution in [0.5, 0.6) is 0 Å². The predicted molar refractivity (Wildman–Crippen MR) is 126 cm³/mol. The maximum atomic E-state index is 11.8. The number of aromatic nitrogens is 2. The van der Waals surface area contributed by atoms with Crippen molar-refractivity contribution >= 4 is 40.1 Å². The quantitative estimate of drug-likeness (QED) is 0.427. The molecule has 0 amide bonds. The van der Waals surface area contributed by atoms with Crippen molar-refractivity contribution in [1.29, 1.82) is 0 Å². The van der Waals surface area contributed by atoms with E-state index in [1.165, 1.54) is 16.0 Å². The number of aromatic amines is 1. The van der Waals surface area contributed by atoms with Crippen molar-refractivity contribution in [2.24, 2.45) is 0 Å². The molecular formula is C24H23ClN4OS. The molecule has 158 valence electrons. The van der Waals surface area contributed by atoms with E-state index in [2.05, 4.69) is 56.2 Å². The molecule has 1 aliphatic heterocycles. The number of aldehydes is 1. The topological polar surface area (TPSA) is 52.2 Å². The molecule has 1 aliphatic rings. The monoisotopic (exact) mass is 450 g/mol. The smallest absolute Gasteiger partial charge is 0.138 e. The Kier molecular flexibility index (Phi) is 5.87. The number of benzene rings is 1. The fraction of sp³-hybridized carbons (Fsp3) is 0.250. The van der Waals surface area contributed by atoms with Crippen LogP contribution in [0.25, 0.3) is 21.3 Å². The van der Waals surface area contributed by atoms with Gasteiger partial charge in [0, 0.05) is 66.6 Å². The summed E-state index contributed by atoms with van der Waals surface area (Å²) in [5.74, 6) is 0. The van der Waals surface area contributed by atoms with E-state index in [4.69, 9.17) is 11.6 Å². The number of carbonyl (C=O) groups is 1. The van der Waals surface area contributed by atoms with Gasteiger partial charge in [0.15, 0.2) is 0 Å². The summed E-state index contributed by atoms with van der Waals surface area (Å²) in [4.78, 5) is 25.2. The highest BCUT2D eigenvalue weighted by Crippen LogP contribution is 2.31. The Morgan fingerprint density at radius 3 is 2.74 bits per heavy atom. The largest absolute Gasteiger partial charge is 0.357 e. The van der Waals surface area contributed by atoms with Crippen molar-refractivity contribution in [2.75, 3.05) is 19.6 Å². The molecule has 1 fully saturated rings. The van der Waals surface area contributed by atoms with Crippen LogP contribution in [-0.4, -0.2) is 51.7 Å². The first-order chi connectivity index (χ1) is 15.2. The van der Waals surface area contributed by atoms with E-state index in [0.717, 1.165) is 59.9 Å². The van der Waals surface area contributed by atoms with Crippen molar-refractivity contribution in [3.05, 3.63) is 76.5 Å². The molecule has 5 rings (SSSR count). The molecule has 0 spiro atoms. The van der Waals surface area contributed by atoms with Gasteiger partial charge in [-0.05, 0) is 35.4 Å². The lowest BCUT2D eigenvalue weighted by atomic mass is 10.1. The Balaban J connectivity index is 1.21. The fourth-order valence-corrected chi connectivity index (χ4v) is 5.26. The molecule has 0 aliphatic carbocycles. The molecular weight excluding hydrogens is 428 g/mol. The maximum Gasteiger partial charge on any atom is 0.138 e. The summed E-state index contributed by atoms with van der Waals surface area (Å²) in [5.41, 5.74) is 4.64. The molecule has 1 saturated heterocycles. The molecule has 1 atom stereocenters. The molecule has 1 unspecified atom stereocenters. The van der Waals surface area contributed by atoms with Gasteiger partial charge in [0.25, 0.3) is 0 Å². The Bertz CT molecular complexity index is 1150. The minimum absolute atomic E-state index is 0.106. The van der Waals surface area contributed by atoms with Gasteiger partial charge in [-0.15, -0.1) is 11.3 Å². The third kappa shape index (κ3) is 4.57. The molecule has 5 nitrogen and oxygen atoms in total. The first kappa shape index (κ1) is 20.4. The average Bonchev–Trinajstić information content (AvgIpc) is 3.41. The summed E-state index contributed by atoms with van der Waals surface area (Å²) >= 11 is 7.65. The number of nitrogens with zero attached hydrogens (tertiary/aromatic N) is 3. The number of carbonyl (C=O) groups excluding carboxylic acids is 1. The molecule has 3 aromatic heterocycles. The van der Waals surface area contributed by atoms with Crippen LogP contribution in [-0.2, 0) is 17.9 Å². The highest BCUT2D eigenvalue weighted by molar-refractivity contribution is 7.19. The highest BCUT2D eigenvalue weighted by Gasteiger charge is 2.27. The van der Waals surface area contributed by atoms with Crippen molar-refractivity contribution < 1.29 is 4.79 Å². The normalized spacial score (nSPS) is 17.9. The van der Waals surface area contributed by atoms with Crippen LogP contribution < -0.4 is 0 Å². The zero-order valence-electron chi connectivity index (χ0n) is 17.0. The van der Waals surface area contributed by atoms with E-state index in [1.54, 1.807) is 17.5 Å². The maximum absolute atomic E-state index is 11.8. The van der Waals surface area contributed by atoms with E-state index in [0.29, 0.717) is 0 Å². The van der Waals surface area contributed by atoms with E-state index >= 15 is 0 Å². The van der Waals surface area contributed by atoms with E-state index in [-0.39, 0.29) is 6.04 Å². The van der Waals surface area contributed by atoms with Crippen molar-refractivity contribution in [2.45, 2.75) is 19.1 Å². The Morgan fingerprint density at radius 1 is 1.13 bits per heavy atom. The number of nitrogens with one attached hydrogen (secondary N) is 1. The van der Waals surface area contributed by atoms with Gasteiger partial charge >= 0.3 is 0 Å². The highest BCUT2D eigenvalue weighted by atomic mass is 35.5. The third-order valence-corrected chi connectivity index (χ3v) is 7.12. The van der Waals surface area contributed by atoms with Crippen molar-refractivity contribution in [3.63, 3.8) is 0 Å². The Hall–Kier alpha value is -2.51. The molecule has 0 radical (unpaired) electrons. The van der Waals surface area contributed by atoms with Gasteiger partial charge in [0.1, 0.15) is 6.29 Å². The van der Waals surface area contributed by atoms with Gasteiger partial charge in [0.05, 0.1) is 10.4 Å². The zero-order valence-corrected chi connectivity index (χ0v) is 18.6. The third-order valence-electron chi connectivity index (χ3n) is 5.84. The van der Waals surface area contributed by atoms with Crippen LogP contribution in [0.15, 0.2) is 60.9 Å². The van der Waals surface area contributed by atoms with Crippen LogP contribution in [0.3, 0.4) is 0 Å². The van der Waals surface area contributed by atoms with Gasteiger partial charge in [-0.1, -0.05) is 35.9 Å². The van der Waals surface area contributed by atoms with Crippen LogP contribution in [0, 0.1) is 0 Å². The molecule has 0 bridgehead atoms. The van der Waals surface area contributed by atoms with E-state index < -0.39 is 0 Å². The lowest BCUT2D eigenvalue weighted by molar-refractivity contribution is -0.115. The van der Waals surface area contributed by atoms with E-state index in [9.17, 15) is 4.79 Å². The Labute approximate surface area is 190 Å². The van der Waals surface area contributed by atoms with E-state index in [1.807, 2.05) is 18.3 Å². The second kappa shape index (κ2) is 8.93. The SMILES string of the molecule is O=CC1CN(Cc2ccc(-c3ccc(Cl)s3)cc2)CCN1Cc1cc2cnccc2[nH]1. The molecule has 4 heterocycles. The average molecular weight is 451 g/mol. The summed E-state index contributed by atoms with van der Waals surface area (Å²) in [7, 11) is 0. The summed E-state index contributed by atoms with van der Waals surface area (Å²) in [6.45, 7) is 4.14. The van der Waals surface area contributed by atoms with Gasteiger partial charge in [-0.2, -0.15) is 0 Å². The predicted octanol–water partition coefficient (Wildman–Crippen LogP) is 4.83. The lowest BCUT2D eigenvalue weighted by Gasteiger charge is -2.38. The minimum Gasteiger partial charge on any atom is -0.357 e. The number of thiophene rings is 1. The number of rotatable bonds is 6. The molecule has 7 heteroatoms. The molecule has 4 aromatic rings. The standard InChI is InChI=1S/C24H23ClN4OS/c25-24-6-5-23(31-24)18-3-1-17(2-4-18)13-28-9-10-29(21(15-28)16-30)14-20-11-19-12-26-8-7-22(19)27-20/h1-8,11-12,16,21,27H,9-10,13-15H2. The minimum atomic E-state index is -0.106. The molecule has 1 aromatic carbocycles. The second-order valence-corrected chi connectivity index (χ2v) is 9.68. The van der Waals surface area contributed by atoms with Crippen LogP contribution in [0.4, 0.5) is 0 Å². The zero-order chi connectivity index (χ0) is 21.2. The summed E-state index contributed by atoms with van der Waals surface area (Å²) in [6, 6.07) is 16.6. The van der Waals surface area contributed by atoms with Gasteiger partial charge in [0.2, 0.25) is 0 Å². The number of fused-ring (bicyclic) bond motifs is 1. The van der Waals surface area contributed by atoms with Crippen molar-refractivity contribution in [3.8, 4) is 10.4 Å². The van der Waals surface area contributed by atoms with Gasteiger partial charge < -0.3 is 9.78 Å². The number of hydrogen-bond acceptors (Lipinski definition) is 5. The van der Waals surface area contributed by atoms with Gasteiger partial charge in [-0.25, -0.2) is 0 Å². The summed E-state index contributed by atoms with van der Waals surface area (Å²) < 4.78 is 0.806. The first-order valence-corrected chi connectivity index (χ1v) is 11.6. The lowest BCUT2D eigenvalue weighted by Crippen LogP contribution is -2.53. The molecule has 1 N–H and O–H groups in total. The number of H-pyrrole nitrogens is 1. The fourth-order valence-electron chi connectivity index (χ4n) is 4.21. The molecule has 0 saturated carbocycles.